The van der Waals surface area contributed by atoms with Gasteiger partial charge in [-0.3, -0.25) is 9.78 Å². The zero-order valence-corrected chi connectivity index (χ0v) is 10.7. The van der Waals surface area contributed by atoms with Crippen LogP contribution < -0.4 is 5.32 Å². The van der Waals surface area contributed by atoms with Gasteiger partial charge in [0.25, 0.3) is 0 Å². The molecule has 1 amide bonds. The van der Waals surface area contributed by atoms with Crippen LogP contribution in [0.1, 0.15) is 17.0 Å². The molecule has 2 aromatic carbocycles. The number of anilines is 1. The Morgan fingerprint density at radius 3 is 2.65 bits per heavy atom. The molecular formula is C17H12N2O. The van der Waals surface area contributed by atoms with Crippen molar-refractivity contribution in [2.24, 2.45) is 0 Å². The van der Waals surface area contributed by atoms with Crippen molar-refractivity contribution in [3.05, 3.63) is 71.9 Å². The average molecular weight is 260 g/mol. The van der Waals surface area contributed by atoms with Crippen LogP contribution in [0.5, 0.6) is 0 Å². The predicted octanol–water partition coefficient (Wildman–Crippen LogP) is 3.32. The number of para-hydroxylation sites is 2. The number of carbonyl (C=O) groups excluding carboxylic acids is 1. The van der Waals surface area contributed by atoms with E-state index < -0.39 is 0 Å². The molecule has 1 N–H and O–H groups in total. The molecule has 0 spiro atoms. The van der Waals surface area contributed by atoms with E-state index in [4.69, 9.17) is 0 Å². The Labute approximate surface area is 116 Å². The second-order valence-corrected chi connectivity index (χ2v) is 4.93. The highest BCUT2D eigenvalue weighted by molar-refractivity contribution is 6.07. The van der Waals surface area contributed by atoms with Crippen LogP contribution >= 0.6 is 0 Å². The Hall–Kier alpha value is -2.68. The Morgan fingerprint density at radius 2 is 1.70 bits per heavy atom. The van der Waals surface area contributed by atoms with Crippen LogP contribution in [-0.4, -0.2) is 10.9 Å². The number of aromatic nitrogens is 1. The van der Waals surface area contributed by atoms with Gasteiger partial charge in [0.15, 0.2) is 0 Å². The lowest BCUT2D eigenvalue weighted by atomic mass is 9.90. The van der Waals surface area contributed by atoms with Gasteiger partial charge < -0.3 is 5.32 Å². The molecule has 3 nitrogen and oxygen atoms in total. The van der Waals surface area contributed by atoms with E-state index in [1.807, 2.05) is 54.6 Å². The van der Waals surface area contributed by atoms with Gasteiger partial charge in [0.05, 0.1) is 11.4 Å². The average Bonchev–Trinajstić information content (AvgIpc) is 2.82. The van der Waals surface area contributed by atoms with E-state index >= 15 is 0 Å². The standard InChI is InChI=1S/C17H12N2O/c20-17-16(13-6-2-4-8-15(13)19-17)12-9-10-18-14-7-3-1-5-11(12)14/h1-10,16H,(H,19,20). The number of hydrogen-bond acceptors (Lipinski definition) is 2. The Kier molecular flexibility index (Phi) is 2.33. The van der Waals surface area contributed by atoms with Crippen molar-refractivity contribution in [3.63, 3.8) is 0 Å². The first-order valence-electron chi connectivity index (χ1n) is 6.58. The van der Waals surface area contributed by atoms with Crippen molar-refractivity contribution in [2.45, 2.75) is 5.92 Å². The van der Waals surface area contributed by atoms with Crippen LogP contribution in [-0.2, 0) is 4.79 Å². The lowest BCUT2D eigenvalue weighted by Gasteiger charge is -2.12. The summed E-state index contributed by atoms with van der Waals surface area (Å²) in [6.45, 7) is 0. The topological polar surface area (TPSA) is 42.0 Å². The molecule has 2 heterocycles. The Bertz CT molecular complexity index is 821. The van der Waals surface area contributed by atoms with Crippen LogP contribution in [0, 0.1) is 0 Å². The van der Waals surface area contributed by atoms with Crippen molar-refractivity contribution in [3.8, 4) is 0 Å². The minimum Gasteiger partial charge on any atom is -0.325 e. The van der Waals surface area contributed by atoms with Crippen molar-refractivity contribution < 1.29 is 4.79 Å². The molecule has 1 atom stereocenters. The molecule has 1 aliphatic rings. The van der Waals surface area contributed by atoms with E-state index in [0.717, 1.165) is 27.7 Å². The van der Waals surface area contributed by atoms with E-state index in [1.165, 1.54) is 0 Å². The van der Waals surface area contributed by atoms with Crippen molar-refractivity contribution in [2.75, 3.05) is 5.32 Å². The molecule has 0 saturated heterocycles. The lowest BCUT2D eigenvalue weighted by molar-refractivity contribution is -0.116. The van der Waals surface area contributed by atoms with Gasteiger partial charge in [0, 0.05) is 17.3 Å². The molecule has 1 aromatic heterocycles. The Balaban J connectivity index is 1.98. The molecule has 20 heavy (non-hydrogen) atoms. The molecule has 4 rings (SSSR count). The molecule has 1 unspecified atom stereocenters. The maximum Gasteiger partial charge on any atom is 0.236 e. The number of amides is 1. The third-order valence-electron chi connectivity index (χ3n) is 3.79. The summed E-state index contributed by atoms with van der Waals surface area (Å²) in [5, 5.41) is 3.99. The second-order valence-electron chi connectivity index (χ2n) is 4.93. The van der Waals surface area contributed by atoms with E-state index in [2.05, 4.69) is 10.3 Å². The van der Waals surface area contributed by atoms with Crippen LogP contribution in [0.4, 0.5) is 5.69 Å². The summed E-state index contributed by atoms with van der Waals surface area (Å²) in [6, 6.07) is 17.7. The maximum absolute atomic E-state index is 12.3. The zero-order chi connectivity index (χ0) is 13.5. The van der Waals surface area contributed by atoms with Gasteiger partial charge in [-0.2, -0.15) is 0 Å². The first-order chi connectivity index (χ1) is 9.84. The second kappa shape index (κ2) is 4.17. The van der Waals surface area contributed by atoms with Gasteiger partial charge in [-0.1, -0.05) is 36.4 Å². The van der Waals surface area contributed by atoms with Crippen LogP contribution in [0.3, 0.4) is 0 Å². The normalized spacial score (nSPS) is 17.0. The van der Waals surface area contributed by atoms with Gasteiger partial charge in [-0.05, 0) is 29.3 Å². The molecule has 0 radical (unpaired) electrons. The number of carbonyl (C=O) groups is 1. The van der Waals surface area contributed by atoms with Gasteiger partial charge in [0.2, 0.25) is 5.91 Å². The third-order valence-corrected chi connectivity index (χ3v) is 3.79. The summed E-state index contributed by atoms with van der Waals surface area (Å²) >= 11 is 0. The molecule has 0 saturated carbocycles. The quantitative estimate of drug-likeness (QED) is 0.729. The predicted molar refractivity (Wildman–Crippen MR) is 78.7 cm³/mol. The molecule has 0 bridgehead atoms. The molecule has 0 fully saturated rings. The number of nitrogens with one attached hydrogen (secondary N) is 1. The monoisotopic (exact) mass is 260 g/mol. The summed E-state index contributed by atoms with van der Waals surface area (Å²) in [7, 11) is 0. The first kappa shape index (κ1) is 11.2. The van der Waals surface area contributed by atoms with Crippen LogP contribution in [0.15, 0.2) is 60.8 Å². The smallest absolute Gasteiger partial charge is 0.236 e. The van der Waals surface area contributed by atoms with Crippen molar-refractivity contribution >= 4 is 22.5 Å². The van der Waals surface area contributed by atoms with Crippen LogP contribution in [0.25, 0.3) is 10.9 Å². The summed E-state index contributed by atoms with van der Waals surface area (Å²) in [6.07, 6.45) is 1.77. The minimum atomic E-state index is -0.251. The molecule has 1 aliphatic heterocycles. The van der Waals surface area contributed by atoms with Gasteiger partial charge in [-0.15, -0.1) is 0 Å². The van der Waals surface area contributed by atoms with E-state index in [9.17, 15) is 4.79 Å². The van der Waals surface area contributed by atoms with E-state index in [0.29, 0.717) is 0 Å². The fraction of sp³-hybridized carbons (Fsp3) is 0.0588. The van der Waals surface area contributed by atoms with E-state index in [-0.39, 0.29) is 11.8 Å². The summed E-state index contributed by atoms with van der Waals surface area (Å²) in [5.41, 5.74) is 3.87. The number of pyridine rings is 1. The minimum absolute atomic E-state index is 0.0301. The number of benzene rings is 2. The fourth-order valence-corrected chi connectivity index (χ4v) is 2.89. The van der Waals surface area contributed by atoms with Crippen molar-refractivity contribution in [1.82, 2.24) is 4.98 Å². The lowest BCUT2D eigenvalue weighted by Crippen LogP contribution is -2.13. The SMILES string of the molecule is O=C1Nc2ccccc2C1c1ccnc2ccccc12. The molecule has 3 heteroatoms. The summed E-state index contributed by atoms with van der Waals surface area (Å²) in [4.78, 5) is 16.7. The summed E-state index contributed by atoms with van der Waals surface area (Å²) in [5.74, 6) is -0.221. The first-order valence-corrected chi connectivity index (χ1v) is 6.58. The van der Waals surface area contributed by atoms with Gasteiger partial charge in [0.1, 0.15) is 0 Å². The molecule has 3 aromatic rings. The number of hydrogen-bond donors (Lipinski definition) is 1. The maximum atomic E-state index is 12.3. The zero-order valence-electron chi connectivity index (χ0n) is 10.7. The van der Waals surface area contributed by atoms with E-state index in [1.54, 1.807) is 6.20 Å². The number of rotatable bonds is 1. The molecule has 0 aliphatic carbocycles. The summed E-state index contributed by atoms with van der Waals surface area (Å²) < 4.78 is 0. The Morgan fingerprint density at radius 1 is 0.900 bits per heavy atom. The largest absolute Gasteiger partial charge is 0.325 e. The highest BCUT2D eigenvalue weighted by Gasteiger charge is 2.32. The number of fused-ring (bicyclic) bond motifs is 2. The third kappa shape index (κ3) is 1.53. The highest BCUT2D eigenvalue weighted by Crippen LogP contribution is 2.39. The number of nitrogens with zero attached hydrogens (tertiary/aromatic N) is 1. The molecule has 96 valence electrons. The van der Waals surface area contributed by atoms with Crippen molar-refractivity contribution in [1.29, 1.82) is 0 Å². The highest BCUT2D eigenvalue weighted by atomic mass is 16.2. The van der Waals surface area contributed by atoms with Crippen LogP contribution in [0.2, 0.25) is 0 Å². The fourth-order valence-electron chi connectivity index (χ4n) is 2.89. The molecular weight excluding hydrogens is 248 g/mol. The van der Waals surface area contributed by atoms with Gasteiger partial charge in [-0.25, -0.2) is 0 Å². The van der Waals surface area contributed by atoms with Gasteiger partial charge >= 0.3 is 0 Å².